The Hall–Kier alpha value is -2.53. The van der Waals surface area contributed by atoms with Crippen molar-refractivity contribution in [2.45, 2.75) is 26.7 Å². The second-order valence-corrected chi connectivity index (χ2v) is 7.00. The minimum atomic E-state index is -0.661. The molecule has 2 N–H and O–H groups in total. The molecule has 0 unspecified atom stereocenters. The highest BCUT2D eigenvalue weighted by Gasteiger charge is 2.13. The van der Waals surface area contributed by atoms with Gasteiger partial charge in [-0.2, -0.15) is 0 Å². The molecule has 0 aliphatic rings. The van der Waals surface area contributed by atoms with Crippen LogP contribution in [-0.2, 0) is 11.2 Å². The summed E-state index contributed by atoms with van der Waals surface area (Å²) in [5, 5.41) is 26.9. The molecule has 11 heteroatoms. The first-order valence-electron chi connectivity index (χ1n) is 7.45. The molecular formula is C14H15N6O3S2-. The fourth-order valence-corrected chi connectivity index (χ4v) is 3.85. The molecular weight excluding hydrogens is 364 g/mol. The number of thiazole rings is 2. The Bertz CT molecular complexity index is 872. The Balaban J connectivity index is 1.55. The molecule has 25 heavy (non-hydrogen) atoms. The molecule has 9 nitrogen and oxygen atoms in total. The van der Waals surface area contributed by atoms with Crippen molar-refractivity contribution >= 4 is 38.8 Å². The van der Waals surface area contributed by atoms with Crippen LogP contribution in [0, 0.1) is 6.92 Å². The molecule has 0 saturated carbocycles. The van der Waals surface area contributed by atoms with Crippen molar-refractivity contribution in [1.29, 1.82) is 0 Å². The molecule has 0 saturated heterocycles. The van der Waals surface area contributed by atoms with Gasteiger partial charge in [0, 0.05) is 25.3 Å². The predicted molar refractivity (Wildman–Crippen MR) is 92.8 cm³/mol. The first-order valence-corrected chi connectivity index (χ1v) is 9.15. The first-order chi connectivity index (χ1) is 12.0. The van der Waals surface area contributed by atoms with Gasteiger partial charge in [-0.3, -0.25) is 4.79 Å². The molecule has 0 aromatic carbocycles. The summed E-state index contributed by atoms with van der Waals surface area (Å²) >= 11 is 2.89. The van der Waals surface area contributed by atoms with Crippen molar-refractivity contribution in [2.24, 2.45) is 0 Å². The van der Waals surface area contributed by atoms with E-state index in [9.17, 15) is 9.90 Å². The number of anilines is 2. The Labute approximate surface area is 151 Å². The highest BCUT2D eigenvalue weighted by Crippen LogP contribution is 2.34. The Morgan fingerprint density at radius 2 is 2.16 bits per heavy atom. The standard InChI is InChI=1S/C14H16N6O3S2/c1-7-11(25-13(16-7)17-8(2)21)9-6-24-12(18-9)15-5-3-4-10-19-20-14(22)23-10/h6H,3-5H2,1-2H3,(H,15,18)(H,20,22)(H,16,17,21)/p-1. The second-order valence-electron chi connectivity index (χ2n) is 5.14. The normalized spacial score (nSPS) is 10.8. The zero-order chi connectivity index (χ0) is 17.8. The number of aryl methyl sites for hydroxylation is 2. The van der Waals surface area contributed by atoms with Crippen LogP contribution in [0.5, 0.6) is 6.08 Å². The second kappa shape index (κ2) is 7.57. The van der Waals surface area contributed by atoms with Crippen molar-refractivity contribution in [1.82, 2.24) is 20.2 Å². The quantitative estimate of drug-likeness (QED) is 0.597. The van der Waals surface area contributed by atoms with Gasteiger partial charge in [0.25, 0.3) is 0 Å². The summed E-state index contributed by atoms with van der Waals surface area (Å²) < 4.78 is 4.79. The van der Waals surface area contributed by atoms with Gasteiger partial charge in [0.15, 0.2) is 16.3 Å². The predicted octanol–water partition coefficient (Wildman–Crippen LogP) is 2.03. The number of hydrogen-bond acceptors (Lipinski definition) is 10. The zero-order valence-corrected chi connectivity index (χ0v) is 15.2. The molecule has 3 aromatic heterocycles. The summed E-state index contributed by atoms with van der Waals surface area (Å²) in [4.78, 5) is 20.9. The van der Waals surface area contributed by atoms with Gasteiger partial charge in [-0.15, -0.1) is 21.5 Å². The Morgan fingerprint density at radius 3 is 2.88 bits per heavy atom. The molecule has 0 fully saturated rings. The van der Waals surface area contributed by atoms with Gasteiger partial charge in [-0.1, -0.05) is 11.3 Å². The van der Waals surface area contributed by atoms with Crippen LogP contribution in [0.15, 0.2) is 9.80 Å². The highest BCUT2D eigenvalue weighted by molar-refractivity contribution is 7.19. The van der Waals surface area contributed by atoms with Crippen molar-refractivity contribution in [3.05, 3.63) is 17.0 Å². The zero-order valence-electron chi connectivity index (χ0n) is 13.5. The number of aromatic nitrogens is 4. The number of carbonyl (C=O) groups is 1. The molecule has 0 aliphatic heterocycles. The van der Waals surface area contributed by atoms with E-state index in [1.54, 1.807) is 0 Å². The van der Waals surface area contributed by atoms with E-state index in [0.29, 0.717) is 24.0 Å². The molecule has 0 bridgehead atoms. The average Bonchev–Trinajstić information content (AvgIpc) is 3.24. The summed E-state index contributed by atoms with van der Waals surface area (Å²) in [6.45, 7) is 4.01. The van der Waals surface area contributed by atoms with E-state index in [4.69, 9.17) is 4.42 Å². The SMILES string of the molecule is CC(=O)Nc1nc(C)c(-c2csc(NCCCc3nnc([O-])o3)n2)s1. The van der Waals surface area contributed by atoms with E-state index in [2.05, 4.69) is 30.8 Å². The van der Waals surface area contributed by atoms with Gasteiger partial charge in [0.05, 0.1) is 16.3 Å². The van der Waals surface area contributed by atoms with Gasteiger partial charge >= 0.3 is 0 Å². The van der Waals surface area contributed by atoms with Crippen LogP contribution < -0.4 is 15.7 Å². The summed E-state index contributed by atoms with van der Waals surface area (Å²) in [6.07, 6.45) is 0.614. The van der Waals surface area contributed by atoms with Crippen LogP contribution >= 0.6 is 22.7 Å². The van der Waals surface area contributed by atoms with E-state index in [-0.39, 0.29) is 5.91 Å². The topological polar surface area (TPSA) is 129 Å². The summed E-state index contributed by atoms with van der Waals surface area (Å²) in [6, 6.07) is 0. The molecule has 1 amide bonds. The minimum absolute atomic E-state index is 0.147. The van der Waals surface area contributed by atoms with E-state index in [1.165, 1.54) is 29.6 Å². The number of carbonyl (C=O) groups excluding carboxylic acids is 1. The van der Waals surface area contributed by atoms with Crippen LogP contribution in [0.4, 0.5) is 10.3 Å². The maximum atomic E-state index is 11.1. The van der Waals surface area contributed by atoms with Crippen LogP contribution in [0.3, 0.4) is 0 Å². The third kappa shape index (κ3) is 4.51. The number of hydrogen-bond donors (Lipinski definition) is 2. The summed E-state index contributed by atoms with van der Waals surface area (Å²) in [7, 11) is 0. The number of rotatable bonds is 7. The molecule has 0 spiro atoms. The van der Waals surface area contributed by atoms with E-state index >= 15 is 0 Å². The number of nitrogens with zero attached hydrogens (tertiary/aromatic N) is 4. The smallest absolute Gasteiger partial charge is 0.223 e. The lowest BCUT2D eigenvalue weighted by Crippen LogP contribution is -2.04. The molecule has 132 valence electrons. The fourth-order valence-electron chi connectivity index (χ4n) is 2.07. The van der Waals surface area contributed by atoms with Crippen LogP contribution in [0.2, 0.25) is 0 Å². The van der Waals surface area contributed by atoms with Gasteiger partial charge in [0.1, 0.15) is 5.89 Å². The molecule has 0 radical (unpaired) electrons. The maximum absolute atomic E-state index is 11.1. The van der Waals surface area contributed by atoms with E-state index < -0.39 is 6.08 Å². The van der Waals surface area contributed by atoms with E-state index in [0.717, 1.165) is 27.8 Å². The first kappa shape index (κ1) is 17.3. The van der Waals surface area contributed by atoms with Crippen LogP contribution in [-0.4, -0.2) is 32.6 Å². The molecule has 0 aliphatic carbocycles. The van der Waals surface area contributed by atoms with E-state index in [1.807, 2.05) is 12.3 Å². The third-order valence-electron chi connectivity index (χ3n) is 3.11. The lowest BCUT2D eigenvalue weighted by atomic mass is 10.3. The molecule has 3 aromatic rings. The maximum Gasteiger partial charge on any atom is 0.223 e. The lowest BCUT2D eigenvalue weighted by molar-refractivity contribution is -0.301. The van der Waals surface area contributed by atoms with Crippen LogP contribution in [0.1, 0.15) is 24.9 Å². The van der Waals surface area contributed by atoms with Gasteiger partial charge in [-0.25, -0.2) is 9.97 Å². The number of nitrogens with one attached hydrogen (secondary N) is 2. The molecule has 0 atom stereocenters. The lowest BCUT2D eigenvalue weighted by Gasteiger charge is -2.01. The van der Waals surface area contributed by atoms with Gasteiger partial charge < -0.3 is 20.2 Å². The fraction of sp³-hybridized carbons (Fsp3) is 0.357. The summed E-state index contributed by atoms with van der Waals surface area (Å²) in [5.41, 5.74) is 1.66. The number of amides is 1. The highest BCUT2D eigenvalue weighted by atomic mass is 32.1. The molecule has 3 rings (SSSR count). The Kier molecular flexibility index (Phi) is 5.24. The third-order valence-corrected chi connectivity index (χ3v) is 5.00. The summed E-state index contributed by atoms with van der Waals surface area (Å²) in [5.74, 6) is 0.198. The van der Waals surface area contributed by atoms with Crippen molar-refractivity contribution in [3.8, 4) is 16.6 Å². The Morgan fingerprint density at radius 1 is 1.32 bits per heavy atom. The minimum Gasteiger partial charge on any atom is -0.551 e. The van der Waals surface area contributed by atoms with Crippen LogP contribution in [0.25, 0.3) is 10.6 Å². The van der Waals surface area contributed by atoms with Crippen molar-refractivity contribution < 1.29 is 14.3 Å². The van der Waals surface area contributed by atoms with Crippen molar-refractivity contribution in [2.75, 3.05) is 17.2 Å². The average molecular weight is 379 g/mol. The monoisotopic (exact) mass is 379 g/mol. The van der Waals surface area contributed by atoms with Gasteiger partial charge in [0.2, 0.25) is 5.91 Å². The molecule has 3 heterocycles. The largest absolute Gasteiger partial charge is 0.551 e. The van der Waals surface area contributed by atoms with Gasteiger partial charge in [-0.05, 0) is 13.3 Å². The van der Waals surface area contributed by atoms with Crippen molar-refractivity contribution in [3.63, 3.8) is 0 Å².